The zero-order valence-corrected chi connectivity index (χ0v) is 24.5. The fourth-order valence-corrected chi connectivity index (χ4v) is 9.42. The summed E-state index contributed by atoms with van der Waals surface area (Å²) in [6.45, 7) is 7.86. The third kappa shape index (κ3) is 5.23. The molecule has 4 heteroatoms. The molecule has 1 aliphatic heterocycles. The predicted octanol–water partition coefficient (Wildman–Crippen LogP) is 9.81. The fourth-order valence-electron chi connectivity index (χ4n) is 6.22. The molecule has 0 aliphatic carbocycles. The molecule has 0 saturated heterocycles. The van der Waals surface area contributed by atoms with Crippen LogP contribution in [0.1, 0.15) is 50.0 Å². The number of hydrogen-bond acceptors (Lipinski definition) is 2. The maximum atomic E-state index is 12.9. The summed E-state index contributed by atoms with van der Waals surface area (Å²) in [6, 6.07) is 37.4. The van der Waals surface area contributed by atoms with Gasteiger partial charge in [0, 0.05) is 11.7 Å². The molecule has 3 nitrogen and oxygen atoms in total. The number of carbonyl (C=O) groups excluding carboxylic acids is 1. The monoisotopic (exact) mass is 545 g/mol. The highest BCUT2D eigenvalue weighted by Gasteiger charge is 2.34. The Hall–Kier alpha value is -3.68. The van der Waals surface area contributed by atoms with Gasteiger partial charge in [0.2, 0.25) is 0 Å². The van der Waals surface area contributed by atoms with E-state index in [0.29, 0.717) is 0 Å². The van der Waals surface area contributed by atoms with Crippen molar-refractivity contribution in [3.63, 3.8) is 0 Å². The van der Waals surface area contributed by atoms with Gasteiger partial charge in [0.25, 0.3) is 0 Å². The third-order valence-corrected chi connectivity index (χ3v) is 10.8. The van der Waals surface area contributed by atoms with Gasteiger partial charge in [-0.05, 0) is 89.4 Å². The lowest BCUT2D eigenvalue weighted by Crippen LogP contribution is -2.40. The maximum absolute atomic E-state index is 12.9. The van der Waals surface area contributed by atoms with Crippen molar-refractivity contribution in [3.8, 4) is 11.1 Å². The quantitative estimate of drug-likeness (QED) is 0.228. The highest BCUT2D eigenvalue weighted by Crippen LogP contribution is 2.61. The molecule has 202 valence electrons. The first-order chi connectivity index (χ1) is 19.3. The fraction of sp³-hybridized carbons (Fsp3) is 0.250. The molecular weight excluding hydrogens is 509 g/mol. The number of rotatable bonds is 4. The Bertz CT molecular complexity index is 1600. The maximum Gasteiger partial charge on any atom is 0.407 e. The highest BCUT2D eigenvalue weighted by molar-refractivity contribution is 7.56. The van der Waals surface area contributed by atoms with Crippen molar-refractivity contribution >= 4 is 35.6 Å². The van der Waals surface area contributed by atoms with Crippen LogP contribution >= 0.6 is 7.92 Å². The number of amides is 1. The zero-order valence-electron chi connectivity index (χ0n) is 23.6. The normalized spacial score (nSPS) is 15.1. The predicted molar refractivity (Wildman–Crippen MR) is 169 cm³/mol. The topological polar surface area (TPSA) is 38.3 Å². The van der Waals surface area contributed by atoms with E-state index in [0.717, 1.165) is 12.3 Å². The van der Waals surface area contributed by atoms with E-state index in [1.165, 1.54) is 49.4 Å². The van der Waals surface area contributed by atoms with Gasteiger partial charge in [-0.1, -0.05) is 111 Å². The molecule has 1 heterocycles. The second-order valence-electron chi connectivity index (χ2n) is 11.8. The first-order valence-corrected chi connectivity index (χ1v) is 15.9. The highest BCUT2D eigenvalue weighted by atomic mass is 31.1. The van der Waals surface area contributed by atoms with Gasteiger partial charge in [-0.2, -0.15) is 0 Å². The Labute approximate surface area is 238 Å². The van der Waals surface area contributed by atoms with Crippen LogP contribution in [0.5, 0.6) is 0 Å². The number of hydrogen-bond donors (Lipinski definition) is 1. The number of benzene rings is 5. The Balaban J connectivity index is 1.51. The smallest absolute Gasteiger partial charge is 0.407 e. The number of carbonyl (C=O) groups is 1. The van der Waals surface area contributed by atoms with E-state index >= 15 is 0 Å². The largest absolute Gasteiger partial charge is 0.444 e. The average molecular weight is 546 g/mol. The van der Waals surface area contributed by atoms with Crippen molar-refractivity contribution in [1.82, 2.24) is 5.32 Å². The number of nitrogens with one attached hydrogen (secondary N) is 1. The SMILES string of the molecule is C[C@H](NC(=O)OC(C)(C)C)[C@H](c1ccccc1)P1Cc2ccc3ccccc3c2-c2c(ccc3ccccc23)C1. The summed E-state index contributed by atoms with van der Waals surface area (Å²) < 4.78 is 5.67. The molecule has 0 aromatic heterocycles. The number of ether oxygens (including phenoxy) is 1. The minimum absolute atomic E-state index is 0.0886. The Morgan fingerprint density at radius 3 is 1.75 bits per heavy atom. The Kier molecular flexibility index (Phi) is 7.11. The van der Waals surface area contributed by atoms with Crippen LogP contribution in [-0.4, -0.2) is 17.7 Å². The lowest BCUT2D eigenvalue weighted by molar-refractivity contribution is 0.0507. The third-order valence-electron chi connectivity index (χ3n) is 7.78. The Morgan fingerprint density at radius 1 is 0.725 bits per heavy atom. The van der Waals surface area contributed by atoms with Crippen molar-refractivity contribution in [3.05, 3.63) is 120 Å². The van der Waals surface area contributed by atoms with Crippen LogP contribution in [-0.2, 0) is 17.1 Å². The van der Waals surface area contributed by atoms with Gasteiger partial charge in [-0.15, -0.1) is 0 Å². The molecular formula is C36H36NO2P. The summed E-state index contributed by atoms with van der Waals surface area (Å²) >= 11 is 0. The van der Waals surface area contributed by atoms with E-state index in [9.17, 15) is 4.79 Å². The van der Waals surface area contributed by atoms with Crippen molar-refractivity contribution in [2.75, 3.05) is 0 Å². The summed E-state index contributed by atoms with van der Waals surface area (Å²) in [5, 5.41) is 8.38. The molecule has 6 rings (SSSR count). The lowest BCUT2D eigenvalue weighted by atomic mass is 9.88. The molecule has 2 atom stereocenters. The summed E-state index contributed by atoms with van der Waals surface area (Å²) in [5.41, 5.74) is 6.42. The Morgan fingerprint density at radius 2 is 1.23 bits per heavy atom. The molecule has 40 heavy (non-hydrogen) atoms. The molecule has 0 unspecified atom stereocenters. The van der Waals surface area contributed by atoms with E-state index < -0.39 is 13.5 Å². The molecule has 0 bridgehead atoms. The van der Waals surface area contributed by atoms with Gasteiger partial charge < -0.3 is 10.1 Å². The summed E-state index contributed by atoms with van der Waals surface area (Å²) in [6.07, 6.45) is 1.61. The van der Waals surface area contributed by atoms with Crippen molar-refractivity contribution in [2.45, 2.75) is 57.3 Å². The molecule has 0 spiro atoms. The number of fused-ring (bicyclic) bond motifs is 7. The van der Waals surface area contributed by atoms with Gasteiger partial charge in [-0.3, -0.25) is 0 Å². The molecule has 1 aliphatic rings. The average Bonchev–Trinajstić information content (AvgIpc) is 3.09. The minimum atomic E-state index is -0.595. The molecule has 5 aromatic rings. The van der Waals surface area contributed by atoms with Gasteiger partial charge in [0.1, 0.15) is 5.60 Å². The summed E-state index contributed by atoms with van der Waals surface area (Å²) in [7, 11) is -0.595. The van der Waals surface area contributed by atoms with Gasteiger partial charge in [0.15, 0.2) is 0 Å². The van der Waals surface area contributed by atoms with Crippen LogP contribution in [0.2, 0.25) is 0 Å². The van der Waals surface area contributed by atoms with Crippen molar-refractivity contribution in [1.29, 1.82) is 0 Å². The van der Waals surface area contributed by atoms with Crippen molar-refractivity contribution in [2.24, 2.45) is 0 Å². The standard InChI is InChI=1S/C36H36NO2P/c1-24(37-35(38)39-36(2,3)4)34(27-14-6-5-7-15-27)40-22-28-20-18-25-12-8-10-16-30(25)32(28)33-29(23-40)21-19-26-13-9-11-17-31(26)33/h5-21,24,34H,22-23H2,1-4H3,(H,37,38)/t24-,34+/m0/s1. The van der Waals surface area contributed by atoms with Crippen molar-refractivity contribution < 1.29 is 9.53 Å². The molecule has 0 fully saturated rings. The molecule has 0 saturated carbocycles. The first kappa shape index (κ1) is 26.5. The zero-order chi connectivity index (χ0) is 27.9. The van der Waals surface area contributed by atoms with E-state index in [4.69, 9.17) is 4.74 Å². The second kappa shape index (κ2) is 10.7. The van der Waals surface area contributed by atoms with Crippen LogP contribution in [0.15, 0.2) is 103 Å². The summed E-state index contributed by atoms with van der Waals surface area (Å²) in [5.74, 6) is 0. The van der Waals surface area contributed by atoms with Gasteiger partial charge in [-0.25, -0.2) is 4.79 Å². The van der Waals surface area contributed by atoms with E-state index in [1.807, 2.05) is 20.8 Å². The molecule has 1 N–H and O–H groups in total. The van der Waals surface area contributed by atoms with Crippen LogP contribution in [0.25, 0.3) is 32.7 Å². The minimum Gasteiger partial charge on any atom is -0.444 e. The van der Waals surface area contributed by atoms with Gasteiger partial charge >= 0.3 is 6.09 Å². The van der Waals surface area contributed by atoms with Crippen LogP contribution in [0, 0.1) is 0 Å². The molecule has 5 aromatic carbocycles. The van der Waals surface area contributed by atoms with E-state index in [2.05, 4.69) is 115 Å². The van der Waals surface area contributed by atoms with E-state index in [1.54, 1.807) is 0 Å². The van der Waals surface area contributed by atoms with Crippen LogP contribution < -0.4 is 5.32 Å². The summed E-state index contributed by atoms with van der Waals surface area (Å²) in [4.78, 5) is 12.9. The lowest BCUT2D eigenvalue weighted by Gasteiger charge is -2.34. The van der Waals surface area contributed by atoms with E-state index in [-0.39, 0.29) is 17.8 Å². The molecule has 1 amide bonds. The van der Waals surface area contributed by atoms with Crippen LogP contribution in [0.4, 0.5) is 4.79 Å². The molecule has 0 radical (unpaired) electrons. The first-order valence-electron chi connectivity index (χ1n) is 14.1. The van der Waals surface area contributed by atoms with Gasteiger partial charge in [0.05, 0.1) is 0 Å². The van der Waals surface area contributed by atoms with Crippen LogP contribution in [0.3, 0.4) is 0 Å². The number of alkyl carbamates (subject to hydrolysis) is 1. The second-order valence-corrected chi connectivity index (χ2v) is 14.2.